The van der Waals surface area contributed by atoms with Gasteiger partial charge < -0.3 is 5.73 Å². The summed E-state index contributed by atoms with van der Waals surface area (Å²) in [6, 6.07) is 4.54. The molecule has 0 fully saturated rings. The molecule has 2 N–H and O–H groups in total. The molecule has 0 aliphatic carbocycles. The number of rotatable bonds is 6. The van der Waals surface area contributed by atoms with Crippen molar-refractivity contribution >= 4 is 17.2 Å². The van der Waals surface area contributed by atoms with E-state index in [1.807, 2.05) is 12.1 Å². The molecular formula is C13H21N3S. The molecule has 0 aromatic carbocycles. The second kappa shape index (κ2) is 6.67. The van der Waals surface area contributed by atoms with Crippen LogP contribution in [-0.2, 0) is 6.54 Å². The van der Waals surface area contributed by atoms with Crippen molar-refractivity contribution in [2.45, 2.75) is 39.8 Å². The van der Waals surface area contributed by atoms with Crippen LogP contribution in [0.25, 0.3) is 0 Å². The molecule has 1 unspecified atom stereocenters. The van der Waals surface area contributed by atoms with Crippen LogP contribution in [0.15, 0.2) is 18.3 Å². The second-order valence-electron chi connectivity index (χ2n) is 4.20. The fourth-order valence-corrected chi connectivity index (χ4v) is 2.03. The lowest BCUT2D eigenvalue weighted by Gasteiger charge is -2.27. The first-order valence-electron chi connectivity index (χ1n) is 6.07. The lowest BCUT2D eigenvalue weighted by atomic mass is 10.1. The van der Waals surface area contributed by atoms with Crippen molar-refractivity contribution in [3.05, 3.63) is 29.6 Å². The maximum atomic E-state index is 5.69. The first kappa shape index (κ1) is 14.1. The van der Waals surface area contributed by atoms with Gasteiger partial charge in [0, 0.05) is 18.8 Å². The topological polar surface area (TPSA) is 42.2 Å². The Morgan fingerprint density at radius 3 is 2.76 bits per heavy atom. The van der Waals surface area contributed by atoms with Crippen LogP contribution in [0.5, 0.6) is 0 Å². The number of thiocarbonyl (C=S) groups is 1. The molecule has 1 atom stereocenters. The highest BCUT2D eigenvalue weighted by Crippen LogP contribution is 2.12. The van der Waals surface area contributed by atoms with E-state index in [0.717, 1.165) is 30.8 Å². The van der Waals surface area contributed by atoms with E-state index in [4.69, 9.17) is 18.0 Å². The molecular weight excluding hydrogens is 230 g/mol. The normalized spacial score (nSPS) is 12.7. The molecule has 4 heteroatoms. The molecule has 17 heavy (non-hydrogen) atoms. The van der Waals surface area contributed by atoms with Crippen molar-refractivity contribution in [1.82, 2.24) is 9.88 Å². The lowest BCUT2D eigenvalue weighted by Crippen LogP contribution is -2.32. The zero-order valence-corrected chi connectivity index (χ0v) is 11.6. The first-order valence-corrected chi connectivity index (χ1v) is 6.48. The maximum absolute atomic E-state index is 5.69. The summed E-state index contributed by atoms with van der Waals surface area (Å²) in [5.74, 6) is 0. The van der Waals surface area contributed by atoms with Gasteiger partial charge in [0.05, 0.1) is 0 Å². The lowest BCUT2D eigenvalue weighted by molar-refractivity contribution is 0.206. The van der Waals surface area contributed by atoms with Crippen molar-refractivity contribution in [3.63, 3.8) is 0 Å². The van der Waals surface area contributed by atoms with Crippen LogP contribution < -0.4 is 5.73 Å². The van der Waals surface area contributed by atoms with Gasteiger partial charge in [-0.3, -0.25) is 9.88 Å². The average molecular weight is 251 g/mol. The number of pyridine rings is 1. The summed E-state index contributed by atoms with van der Waals surface area (Å²) in [6.07, 6.45) is 2.87. The molecule has 1 heterocycles. The molecule has 0 bridgehead atoms. The van der Waals surface area contributed by atoms with Gasteiger partial charge >= 0.3 is 0 Å². The highest BCUT2D eigenvalue weighted by atomic mass is 32.1. The van der Waals surface area contributed by atoms with E-state index in [0.29, 0.717) is 11.0 Å². The van der Waals surface area contributed by atoms with Gasteiger partial charge in [0.15, 0.2) is 0 Å². The standard InChI is InChI=1S/C13H21N3S/c1-4-10(3)16(5-2)9-11-7-6-8-15-12(11)13(14)17/h6-8,10H,4-5,9H2,1-3H3,(H2,14,17). The van der Waals surface area contributed by atoms with Crippen LogP contribution in [0.2, 0.25) is 0 Å². The number of nitrogens with zero attached hydrogens (tertiary/aromatic N) is 2. The van der Waals surface area contributed by atoms with Gasteiger partial charge in [-0.15, -0.1) is 0 Å². The molecule has 0 radical (unpaired) electrons. The van der Waals surface area contributed by atoms with Gasteiger partial charge in [-0.2, -0.15) is 0 Å². The third kappa shape index (κ3) is 3.75. The summed E-state index contributed by atoms with van der Waals surface area (Å²) in [6.45, 7) is 8.47. The SMILES string of the molecule is CCC(C)N(CC)Cc1cccnc1C(N)=S. The Labute approximate surface area is 109 Å². The van der Waals surface area contributed by atoms with Crippen molar-refractivity contribution < 1.29 is 0 Å². The Morgan fingerprint density at radius 2 is 2.24 bits per heavy atom. The van der Waals surface area contributed by atoms with Crippen LogP contribution >= 0.6 is 12.2 Å². The molecule has 0 saturated heterocycles. The predicted molar refractivity (Wildman–Crippen MR) is 76.0 cm³/mol. The highest BCUT2D eigenvalue weighted by molar-refractivity contribution is 7.80. The van der Waals surface area contributed by atoms with E-state index in [2.05, 4.69) is 30.7 Å². The Bertz CT molecular complexity index is 379. The van der Waals surface area contributed by atoms with E-state index in [1.54, 1.807) is 6.20 Å². The van der Waals surface area contributed by atoms with E-state index >= 15 is 0 Å². The third-order valence-corrected chi connectivity index (χ3v) is 3.31. The largest absolute Gasteiger partial charge is 0.388 e. The average Bonchev–Trinajstić information content (AvgIpc) is 2.35. The summed E-state index contributed by atoms with van der Waals surface area (Å²) >= 11 is 5.03. The van der Waals surface area contributed by atoms with Crippen molar-refractivity contribution in [2.75, 3.05) is 6.54 Å². The fraction of sp³-hybridized carbons (Fsp3) is 0.538. The Balaban J connectivity index is 2.89. The van der Waals surface area contributed by atoms with Crippen molar-refractivity contribution in [3.8, 4) is 0 Å². The molecule has 0 amide bonds. The minimum absolute atomic E-state index is 0.376. The van der Waals surface area contributed by atoms with E-state index in [-0.39, 0.29) is 0 Å². The summed E-state index contributed by atoms with van der Waals surface area (Å²) in [5, 5.41) is 0. The van der Waals surface area contributed by atoms with Crippen LogP contribution in [0.3, 0.4) is 0 Å². The smallest absolute Gasteiger partial charge is 0.123 e. The van der Waals surface area contributed by atoms with Crippen LogP contribution in [-0.4, -0.2) is 27.5 Å². The summed E-state index contributed by atoms with van der Waals surface area (Å²) in [4.78, 5) is 7.04. The molecule has 0 saturated carbocycles. The summed E-state index contributed by atoms with van der Waals surface area (Å²) in [7, 11) is 0. The van der Waals surface area contributed by atoms with E-state index in [9.17, 15) is 0 Å². The molecule has 0 spiro atoms. The van der Waals surface area contributed by atoms with Gasteiger partial charge in [0.25, 0.3) is 0 Å². The quantitative estimate of drug-likeness (QED) is 0.788. The zero-order chi connectivity index (χ0) is 12.8. The molecule has 3 nitrogen and oxygen atoms in total. The van der Waals surface area contributed by atoms with Crippen LogP contribution in [0, 0.1) is 0 Å². The Hall–Kier alpha value is -1.00. The third-order valence-electron chi connectivity index (χ3n) is 3.12. The first-order chi connectivity index (χ1) is 8.10. The monoisotopic (exact) mass is 251 g/mol. The van der Waals surface area contributed by atoms with E-state index < -0.39 is 0 Å². The molecule has 1 aromatic rings. The van der Waals surface area contributed by atoms with Gasteiger partial charge in [-0.25, -0.2) is 0 Å². The Kier molecular flexibility index (Phi) is 5.51. The van der Waals surface area contributed by atoms with Crippen LogP contribution in [0.4, 0.5) is 0 Å². The summed E-state index contributed by atoms with van der Waals surface area (Å²) < 4.78 is 0. The minimum atomic E-state index is 0.376. The summed E-state index contributed by atoms with van der Waals surface area (Å²) in [5.41, 5.74) is 7.56. The molecule has 0 aliphatic heterocycles. The minimum Gasteiger partial charge on any atom is -0.388 e. The predicted octanol–water partition coefficient (Wildman–Crippen LogP) is 2.34. The van der Waals surface area contributed by atoms with E-state index in [1.165, 1.54) is 0 Å². The Morgan fingerprint density at radius 1 is 1.53 bits per heavy atom. The zero-order valence-electron chi connectivity index (χ0n) is 10.8. The highest BCUT2D eigenvalue weighted by Gasteiger charge is 2.13. The number of aromatic nitrogens is 1. The van der Waals surface area contributed by atoms with Gasteiger partial charge in [-0.1, -0.05) is 32.1 Å². The molecule has 1 aromatic heterocycles. The number of nitrogens with two attached hydrogens (primary N) is 1. The van der Waals surface area contributed by atoms with Crippen molar-refractivity contribution in [2.24, 2.45) is 5.73 Å². The number of hydrogen-bond acceptors (Lipinski definition) is 3. The molecule has 0 aliphatic rings. The van der Waals surface area contributed by atoms with Gasteiger partial charge in [-0.05, 0) is 31.5 Å². The van der Waals surface area contributed by atoms with Gasteiger partial charge in [0.2, 0.25) is 0 Å². The molecule has 1 rings (SSSR count). The molecule has 94 valence electrons. The van der Waals surface area contributed by atoms with Gasteiger partial charge in [0.1, 0.15) is 10.7 Å². The van der Waals surface area contributed by atoms with Crippen LogP contribution in [0.1, 0.15) is 38.4 Å². The fourth-order valence-electron chi connectivity index (χ4n) is 1.84. The number of hydrogen-bond donors (Lipinski definition) is 1. The maximum Gasteiger partial charge on any atom is 0.123 e. The van der Waals surface area contributed by atoms with Crippen molar-refractivity contribution in [1.29, 1.82) is 0 Å². The second-order valence-corrected chi connectivity index (χ2v) is 4.64.